The van der Waals surface area contributed by atoms with Gasteiger partial charge in [0.25, 0.3) is 0 Å². The second-order valence-corrected chi connectivity index (χ2v) is 8.85. The van der Waals surface area contributed by atoms with Crippen LogP contribution in [0.1, 0.15) is 42.1 Å². The third kappa shape index (κ3) is 4.05. The lowest BCUT2D eigenvalue weighted by Crippen LogP contribution is -2.39. The number of carbonyl (C=O) groups is 1. The standard InChI is InChI=1S/C26H29N5O/c1-18-5-6-23-22(16-18)25(20-7-11-27-12-8-20)26(28-23)21-4-3-13-30(17-21)24(32)10-15-31-14-9-19(2)29-31/h5-9,11-12,14,16,21,28H,3-4,10,13,15,17H2,1-2H3/t21-/m0/s1. The predicted octanol–water partition coefficient (Wildman–Crippen LogP) is 4.84. The molecule has 1 saturated heterocycles. The van der Waals surface area contributed by atoms with Gasteiger partial charge in [-0.2, -0.15) is 5.10 Å². The minimum absolute atomic E-state index is 0.209. The Morgan fingerprint density at radius 2 is 2.00 bits per heavy atom. The number of likely N-dealkylation sites (tertiary alicyclic amines) is 1. The van der Waals surface area contributed by atoms with Crippen molar-refractivity contribution in [2.45, 2.75) is 45.6 Å². The number of rotatable bonds is 5. The summed E-state index contributed by atoms with van der Waals surface area (Å²) in [5.41, 5.74) is 7.02. The van der Waals surface area contributed by atoms with Crippen LogP contribution in [0.3, 0.4) is 0 Å². The largest absolute Gasteiger partial charge is 0.358 e. The highest BCUT2D eigenvalue weighted by atomic mass is 16.2. The minimum Gasteiger partial charge on any atom is -0.358 e. The highest BCUT2D eigenvalue weighted by Crippen LogP contribution is 2.39. The summed E-state index contributed by atoms with van der Waals surface area (Å²) in [5.74, 6) is 0.496. The third-order valence-electron chi connectivity index (χ3n) is 6.46. The SMILES string of the molecule is Cc1ccc2[nH]c([C@H]3CCCN(C(=O)CCn4ccc(C)n4)C3)c(-c3ccncc3)c2c1. The van der Waals surface area contributed by atoms with Crippen LogP contribution in [0.4, 0.5) is 0 Å². The van der Waals surface area contributed by atoms with Crippen molar-refractivity contribution >= 4 is 16.8 Å². The average molecular weight is 428 g/mol. The molecule has 0 radical (unpaired) electrons. The van der Waals surface area contributed by atoms with Crippen LogP contribution in [0.2, 0.25) is 0 Å². The highest BCUT2D eigenvalue weighted by molar-refractivity contribution is 5.98. The van der Waals surface area contributed by atoms with Crippen molar-refractivity contribution in [2.24, 2.45) is 0 Å². The molecule has 1 amide bonds. The molecular formula is C26H29N5O. The lowest BCUT2D eigenvalue weighted by molar-refractivity contribution is -0.132. The number of nitrogens with zero attached hydrogens (tertiary/aromatic N) is 4. The fraction of sp³-hybridized carbons (Fsp3) is 0.346. The first-order valence-electron chi connectivity index (χ1n) is 11.4. The summed E-state index contributed by atoms with van der Waals surface area (Å²) in [6.45, 7) is 6.31. The molecule has 0 unspecified atom stereocenters. The Hall–Kier alpha value is -3.41. The second-order valence-electron chi connectivity index (χ2n) is 8.85. The van der Waals surface area contributed by atoms with Gasteiger partial charge in [-0.3, -0.25) is 14.5 Å². The van der Waals surface area contributed by atoms with Crippen LogP contribution in [-0.2, 0) is 11.3 Å². The van der Waals surface area contributed by atoms with Gasteiger partial charge < -0.3 is 9.88 Å². The topological polar surface area (TPSA) is 66.8 Å². The molecule has 1 aromatic carbocycles. The van der Waals surface area contributed by atoms with Gasteiger partial charge in [0.2, 0.25) is 5.91 Å². The molecule has 6 nitrogen and oxygen atoms in total. The second kappa shape index (κ2) is 8.61. The number of aryl methyl sites for hydroxylation is 3. The number of fused-ring (bicyclic) bond motifs is 1. The number of nitrogens with one attached hydrogen (secondary N) is 1. The van der Waals surface area contributed by atoms with Crippen molar-refractivity contribution in [3.05, 3.63) is 71.9 Å². The monoisotopic (exact) mass is 427 g/mol. The van der Waals surface area contributed by atoms with Crippen molar-refractivity contribution < 1.29 is 4.79 Å². The van der Waals surface area contributed by atoms with Gasteiger partial charge in [-0.05, 0) is 62.6 Å². The molecule has 6 heteroatoms. The smallest absolute Gasteiger partial charge is 0.224 e. The predicted molar refractivity (Wildman–Crippen MR) is 126 cm³/mol. The van der Waals surface area contributed by atoms with Crippen molar-refractivity contribution in [3.8, 4) is 11.1 Å². The van der Waals surface area contributed by atoms with E-state index >= 15 is 0 Å². The molecule has 0 bridgehead atoms. The van der Waals surface area contributed by atoms with Crippen LogP contribution in [0.5, 0.6) is 0 Å². The van der Waals surface area contributed by atoms with Crippen molar-refractivity contribution in [1.29, 1.82) is 0 Å². The maximum Gasteiger partial charge on any atom is 0.224 e. The van der Waals surface area contributed by atoms with E-state index in [1.807, 2.05) is 41.2 Å². The highest BCUT2D eigenvalue weighted by Gasteiger charge is 2.28. The number of amides is 1. The van der Waals surface area contributed by atoms with E-state index < -0.39 is 0 Å². The quantitative estimate of drug-likeness (QED) is 0.496. The van der Waals surface area contributed by atoms with Gasteiger partial charge in [-0.15, -0.1) is 0 Å². The maximum atomic E-state index is 13.0. The molecule has 0 aliphatic carbocycles. The molecule has 1 fully saturated rings. The zero-order valence-corrected chi connectivity index (χ0v) is 18.7. The van der Waals surface area contributed by atoms with Crippen LogP contribution in [0.15, 0.2) is 55.0 Å². The third-order valence-corrected chi connectivity index (χ3v) is 6.46. The first kappa shape index (κ1) is 20.5. The number of piperidine rings is 1. The first-order chi connectivity index (χ1) is 15.6. The Morgan fingerprint density at radius 3 is 2.78 bits per heavy atom. The summed E-state index contributed by atoms with van der Waals surface area (Å²) in [6.07, 6.45) is 8.21. The molecule has 3 aromatic heterocycles. The van der Waals surface area contributed by atoms with E-state index in [2.05, 4.69) is 52.3 Å². The molecule has 4 heterocycles. The van der Waals surface area contributed by atoms with Crippen LogP contribution in [0, 0.1) is 13.8 Å². The molecule has 0 saturated carbocycles. The van der Waals surface area contributed by atoms with Crippen LogP contribution < -0.4 is 0 Å². The van der Waals surface area contributed by atoms with E-state index in [1.54, 1.807) is 0 Å². The number of H-pyrrole nitrogens is 1. The molecule has 1 N–H and O–H groups in total. The van der Waals surface area contributed by atoms with Crippen molar-refractivity contribution in [3.63, 3.8) is 0 Å². The zero-order valence-electron chi connectivity index (χ0n) is 18.7. The molecule has 164 valence electrons. The fourth-order valence-corrected chi connectivity index (χ4v) is 4.86. The number of aromatic nitrogens is 4. The molecule has 0 spiro atoms. The summed E-state index contributed by atoms with van der Waals surface area (Å²) in [7, 11) is 0. The summed E-state index contributed by atoms with van der Waals surface area (Å²) >= 11 is 0. The normalized spacial score (nSPS) is 16.6. The fourth-order valence-electron chi connectivity index (χ4n) is 4.86. The van der Waals surface area contributed by atoms with Crippen molar-refractivity contribution in [1.82, 2.24) is 24.6 Å². The number of hydrogen-bond acceptors (Lipinski definition) is 3. The van der Waals surface area contributed by atoms with Gasteiger partial charge in [0.05, 0.1) is 5.69 Å². The lowest BCUT2D eigenvalue weighted by atomic mass is 9.89. The van der Waals surface area contributed by atoms with E-state index in [1.165, 1.54) is 27.8 Å². The Balaban J connectivity index is 1.41. The van der Waals surface area contributed by atoms with Crippen molar-refractivity contribution in [2.75, 3.05) is 13.1 Å². The molecule has 1 aliphatic rings. The molecule has 4 aromatic rings. The maximum absolute atomic E-state index is 13.0. The number of aromatic amines is 1. The molecule has 32 heavy (non-hydrogen) atoms. The Labute approximate surface area is 188 Å². The number of pyridine rings is 1. The average Bonchev–Trinajstić information content (AvgIpc) is 3.41. The van der Waals surface area contributed by atoms with E-state index in [9.17, 15) is 4.79 Å². The van der Waals surface area contributed by atoms with E-state index in [0.29, 0.717) is 13.0 Å². The van der Waals surface area contributed by atoms with Gasteiger partial charge >= 0.3 is 0 Å². The van der Waals surface area contributed by atoms with E-state index in [4.69, 9.17) is 0 Å². The number of benzene rings is 1. The molecule has 5 rings (SSSR count). The first-order valence-corrected chi connectivity index (χ1v) is 11.4. The molecule has 1 aliphatic heterocycles. The summed E-state index contributed by atoms with van der Waals surface area (Å²) in [4.78, 5) is 22.9. The van der Waals surface area contributed by atoms with Crippen LogP contribution >= 0.6 is 0 Å². The van der Waals surface area contributed by atoms with Gasteiger partial charge in [0, 0.05) is 72.7 Å². The van der Waals surface area contributed by atoms with Crippen LogP contribution in [-0.4, -0.2) is 43.6 Å². The van der Waals surface area contributed by atoms with Gasteiger partial charge in [0.15, 0.2) is 0 Å². The van der Waals surface area contributed by atoms with Crippen LogP contribution in [0.25, 0.3) is 22.0 Å². The molecule has 1 atom stereocenters. The minimum atomic E-state index is 0.209. The Bertz CT molecular complexity index is 1240. The van der Waals surface area contributed by atoms with Gasteiger partial charge in [-0.1, -0.05) is 11.6 Å². The Morgan fingerprint density at radius 1 is 1.16 bits per heavy atom. The number of hydrogen-bond donors (Lipinski definition) is 1. The lowest BCUT2D eigenvalue weighted by Gasteiger charge is -2.33. The Kier molecular flexibility index (Phi) is 5.52. The van der Waals surface area contributed by atoms with Gasteiger partial charge in [-0.25, -0.2) is 0 Å². The summed E-state index contributed by atoms with van der Waals surface area (Å²) in [5, 5.41) is 5.64. The summed E-state index contributed by atoms with van der Waals surface area (Å²) in [6, 6.07) is 12.7. The molecular weight excluding hydrogens is 398 g/mol. The number of carbonyl (C=O) groups excluding carboxylic acids is 1. The van der Waals surface area contributed by atoms with E-state index in [0.717, 1.165) is 37.1 Å². The summed E-state index contributed by atoms with van der Waals surface area (Å²) < 4.78 is 1.86. The zero-order chi connectivity index (χ0) is 22.1. The van der Waals surface area contributed by atoms with E-state index in [-0.39, 0.29) is 11.8 Å². The van der Waals surface area contributed by atoms with Gasteiger partial charge in [0.1, 0.15) is 0 Å².